The average Bonchev–Trinajstić information content (AvgIpc) is 3.05. The molecule has 0 saturated carbocycles. The average molecular weight is 488 g/mol. The molecule has 2 aromatic carbocycles. The van der Waals surface area contributed by atoms with Crippen LogP contribution in [0.15, 0.2) is 42.0 Å². The highest BCUT2D eigenvalue weighted by molar-refractivity contribution is 6.46. The SMILES string of the molecule is COc1cccc(C2/C(=C(\O)c3cc(C)cc(Cl)c3OC)C(=O)C(=O)N2CCCOC(C)C)c1. The second kappa shape index (κ2) is 10.9. The van der Waals surface area contributed by atoms with Gasteiger partial charge in [-0.1, -0.05) is 23.7 Å². The highest BCUT2D eigenvalue weighted by Crippen LogP contribution is 2.43. The second-order valence-corrected chi connectivity index (χ2v) is 8.78. The predicted octanol–water partition coefficient (Wildman–Crippen LogP) is 4.90. The molecule has 1 unspecified atom stereocenters. The van der Waals surface area contributed by atoms with Gasteiger partial charge in [0.25, 0.3) is 11.7 Å². The van der Waals surface area contributed by atoms with Gasteiger partial charge in [0.2, 0.25) is 0 Å². The van der Waals surface area contributed by atoms with Crippen molar-refractivity contribution in [1.29, 1.82) is 0 Å². The van der Waals surface area contributed by atoms with Crippen molar-refractivity contribution in [3.8, 4) is 11.5 Å². The van der Waals surface area contributed by atoms with Gasteiger partial charge in [0.15, 0.2) is 0 Å². The molecule has 0 bridgehead atoms. The van der Waals surface area contributed by atoms with Crippen molar-refractivity contribution < 1.29 is 28.9 Å². The molecule has 34 heavy (non-hydrogen) atoms. The number of likely N-dealkylation sites (tertiary alicyclic amines) is 1. The molecule has 0 radical (unpaired) electrons. The van der Waals surface area contributed by atoms with Crippen LogP contribution in [0.4, 0.5) is 0 Å². The van der Waals surface area contributed by atoms with E-state index in [1.807, 2.05) is 20.8 Å². The van der Waals surface area contributed by atoms with Crippen LogP contribution in [-0.2, 0) is 14.3 Å². The Hall–Kier alpha value is -3.03. The van der Waals surface area contributed by atoms with E-state index in [4.69, 9.17) is 25.8 Å². The van der Waals surface area contributed by atoms with Gasteiger partial charge in [-0.2, -0.15) is 0 Å². The molecule has 1 aliphatic rings. The van der Waals surface area contributed by atoms with Crippen LogP contribution in [0.25, 0.3) is 5.76 Å². The highest BCUT2D eigenvalue weighted by Gasteiger charge is 2.46. The number of ketones is 1. The Morgan fingerprint density at radius 2 is 1.88 bits per heavy atom. The summed E-state index contributed by atoms with van der Waals surface area (Å²) in [5.74, 6) is -0.992. The van der Waals surface area contributed by atoms with Crippen molar-refractivity contribution in [3.63, 3.8) is 0 Å². The number of carbonyl (C=O) groups excluding carboxylic acids is 2. The summed E-state index contributed by atoms with van der Waals surface area (Å²) in [5.41, 5.74) is 1.64. The maximum absolute atomic E-state index is 13.2. The molecular formula is C26H30ClNO6. The quantitative estimate of drug-likeness (QED) is 0.234. The molecule has 1 N–H and O–H groups in total. The minimum Gasteiger partial charge on any atom is -0.507 e. The van der Waals surface area contributed by atoms with Crippen LogP contribution in [0.1, 0.15) is 43.0 Å². The normalized spacial score (nSPS) is 17.5. The van der Waals surface area contributed by atoms with Crippen molar-refractivity contribution in [3.05, 3.63) is 63.7 Å². The Morgan fingerprint density at radius 1 is 1.15 bits per heavy atom. The number of halogens is 1. The Labute approximate surface area is 204 Å². The van der Waals surface area contributed by atoms with E-state index in [1.54, 1.807) is 43.5 Å². The largest absolute Gasteiger partial charge is 0.507 e. The predicted molar refractivity (Wildman–Crippen MR) is 130 cm³/mol. The number of hydrogen-bond acceptors (Lipinski definition) is 6. The molecule has 1 heterocycles. The van der Waals surface area contributed by atoms with Crippen LogP contribution in [0.5, 0.6) is 11.5 Å². The first-order valence-electron chi connectivity index (χ1n) is 11.1. The molecule has 1 fully saturated rings. The zero-order valence-corrected chi connectivity index (χ0v) is 20.8. The maximum atomic E-state index is 13.2. The topological polar surface area (TPSA) is 85.3 Å². The number of amides is 1. The Balaban J connectivity index is 2.15. The lowest BCUT2D eigenvalue weighted by molar-refractivity contribution is -0.140. The van der Waals surface area contributed by atoms with Crippen LogP contribution in [0.3, 0.4) is 0 Å². The number of hydrogen-bond donors (Lipinski definition) is 1. The Bertz CT molecular complexity index is 1110. The molecule has 1 aliphatic heterocycles. The molecular weight excluding hydrogens is 458 g/mol. The summed E-state index contributed by atoms with van der Waals surface area (Å²) in [6.07, 6.45) is 0.591. The molecule has 1 atom stereocenters. The number of aliphatic hydroxyl groups is 1. The Morgan fingerprint density at radius 3 is 2.53 bits per heavy atom. The number of ether oxygens (including phenoxy) is 3. The van der Waals surface area contributed by atoms with E-state index in [9.17, 15) is 14.7 Å². The molecule has 0 spiro atoms. The number of carbonyl (C=O) groups is 2. The van der Waals surface area contributed by atoms with Crippen molar-refractivity contribution in [1.82, 2.24) is 4.90 Å². The van der Waals surface area contributed by atoms with Gasteiger partial charge in [-0.05, 0) is 62.6 Å². The summed E-state index contributed by atoms with van der Waals surface area (Å²) in [5, 5.41) is 11.7. The highest BCUT2D eigenvalue weighted by atomic mass is 35.5. The van der Waals surface area contributed by atoms with E-state index in [2.05, 4.69) is 0 Å². The van der Waals surface area contributed by atoms with Gasteiger partial charge in [-0.25, -0.2) is 0 Å². The zero-order valence-electron chi connectivity index (χ0n) is 20.1. The van der Waals surface area contributed by atoms with Gasteiger partial charge in [0.1, 0.15) is 17.3 Å². The zero-order chi connectivity index (χ0) is 25.0. The molecule has 182 valence electrons. The van der Waals surface area contributed by atoms with Crippen molar-refractivity contribution in [2.75, 3.05) is 27.4 Å². The van der Waals surface area contributed by atoms with E-state index in [0.29, 0.717) is 29.4 Å². The molecule has 8 heteroatoms. The fourth-order valence-electron chi connectivity index (χ4n) is 4.08. The lowest BCUT2D eigenvalue weighted by atomic mass is 9.94. The standard InChI is InChI=1S/C26H30ClNO6/c1-15(2)34-11-7-10-28-22(17-8-6-9-18(14-17)32-4)21(24(30)26(28)31)23(29)19-12-16(3)13-20(27)25(19)33-5/h6,8-9,12-15,22,29H,7,10-11H2,1-5H3/b23-21+. The Kier molecular flexibility index (Phi) is 8.23. The number of benzene rings is 2. The smallest absolute Gasteiger partial charge is 0.295 e. The lowest BCUT2D eigenvalue weighted by Crippen LogP contribution is -2.31. The third kappa shape index (κ3) is 5.21. The molecule has 3 rings (SSSR count). The van der Waals surface area contributed by atoms with Crippen molar-refractivity contribution in [2.24, 2.45) is 0 Å². The van der Waals surface area contributed by atoms with E-state index in [-0.39, 0.29) is 35.3 Å². The summed E-state index contributed by atoms with van der Waals surface area (Å²) in [6.45, 7) is 6.40. The molecule has 0 aromatic heterocycles. The van der Waals surface area contributed by atoms with Gasteiger partial charge >= 0.3 is 0 Å². The van der Waals surface area contributed by atoms with Crippen LogP contribution in [-0.4, -0.2) is 55.2 Å². The first-order valence-corrected chi connectivity index (χ1v) is 11.5. The van der Waals surface area contributed by atoms with Gasteiger partial charge in [-0.3, -0.25) is 9.59 Å². The van der Waals surface area contributed by atoms with Crippen LogP contribution >= 0.6 is 11.6 Å². The summed E-state index contributed by atoms with van der Waals surface area (Å²) in [7, 11) is 2.97. The van der Waals surface area contributed by atoms with Gasteiger partial charge in [0.05, 0.1) is 42.5 Å². The molecule has 7 nitrogen and oxygen atoms in total. The molecule has 2 aromatic rings. The first kappa shape index (κ1) is 25.6. The van der Waals surface area contributed by atoms with Crippen LogP contribution < -0.4 is 9.47 Å². The maximum Gasteiger partial charge on any atom is 0.295 e. The third-order valence-electron chi connectivity index (χ3n) is 5.59. The number of aryl methyl sites for hydroxylation is 1. The fourth-order valence-corrected chi connectivity index (χ4v) is 4.43. The minimum atomic E-state index is -0.807. The van der Waals surface area contributed by atoms with Gasteiger partial charge in [0, 0.05) is 13.2 Å². The van der Waals surface area contributed by atoms with Gasteiger partial charge < -0.3 is 24.2 Å². The monoisotopic (exact) mass is 487 g/mol. The molecule has 0 aliphatic carbocycles. The number of rotatable bonds is 9. The van der Waals surface area contributed by atoms with Crippen molar-refractivity contribution in [2.45, 2.75) is 39.3 Å². The summed E-state index contributed by atoms with van der Waals surface area (Å²) < 4.78 is 16.4. The van der Waals surface area contributed by atoms with E-state index in [0.717, 1.165) is 5.56 Å². The summed E-state index contributed by atoms with van der Waals surface area (Å²) >= 11 is 6.33. The number of nitrogens with zero attached hydrogens (tertiary/aromatic N) is 1. The molecule has 1 saturated heterocycles. The third-order valence-corrected chi connectivity index (χ3v) is 5.87. The minimum absolute atomic E-state index is 0.0250. The lowest BCUT2D eigenvalue weighted by Gasteiger charge is -2.26. The molecule has 1 amide bonds. The first-order chi connectivity index (χ1) is 16.2. The number of methoxy groups -OCH3 is 2. The van der Waals surface area contributed by atoms with E-state index >= 15 is 0 Å². The van der Waals surface area contributed by atoms with Gasteiger partial charge in [-0.15, -0.1) is 0 Å². The number of Topliss-reactive ketones (excluding diaryl/α,β-unsaturated/α-hetero) is 1. The van der Waals surface area contributed by atoms with Crippen LogP contribution in [0, 0.1) is 6.92 Å². The number of aliphatic hydroxyl groups excluding tert-OH is 1. The van der Waals surface area contributed by atoms with Crippen LogP contribution in [0.2, 0.25) is 5.02 Å². The fraction of sp³-hybridized carbons (Fsp3) is 0.385. The van der Waals surface area contributed by atoms with Crippen molar-refractivity contribution >= 4 is 29.1 Å². The second-order valence-electron chi connectivity index (χ2n) is 8.37. The van der Waals surface area contributed by atoms with E-state index in [1.165, 1.54) is 12.0 Å². The summed E-state index contributed by atoms with van der Waals surface area (Å²) in [4.78, 5) is 27.8. The van der Waals surface area contributed by atoms with E-state index < -0.39 is 17.7 Å². The summed E-state index contributed by atoms with van der Waals surface area (Å²) in [6, 6.07) is 9.66.